The molecule has 0 radical (unpaired) electrons. The summed E-state index contributed by atoms with van der Waals surface area (Å²) in [7, 11) is 0. The second-order valence-corrected chi connectivity index (χ2v) is 6.75. The number of non-ortho nitro benzene ring substituents is 1. The van der Waals surface area contributed by atoms with Crippen LogP contribution in [0.1, 0.15) is 15.9 Å². The van der Waals surface area contributed by atoms with Gasteiger partial charge in [0.05, 0.1) is 29.4 Å². The van der Waals surface area contributed by atoms with Crippen molar-refractivity contribution < 1.29 is 23.9 Å². The molecule has 0 aromatic heterocycles. The number of nitro groups is 1. The summed E-state index contributed by atoms with van der Waals surface area (Å²) in [6.07, 6.45) is 0.601. The van der Waals surface area contributed by atoms with E-state index in [2.05, 4.69) is 5.32 Å². The van der Waals surface area contributed by atoms with E-state index in [4.69, 9.17) is 14.2 Å². The summed E-state index contributed by atoms with van der Waals surface area (Å²) in [5.74, 6) is 1.07. The molecule has 0 saturated carbocycles. The van der Waals surface area contributed by atoms with Gasteiger partial charge in [-0.05, 0) is 30.2 Å². The van der Waals surface area contributed by atoms with E-state index in [0.29, 0.717) is 62.0 Å². The van der Waals surface area contributed by atoms with Crippen LogP contribution in [0.2, 0.25) is 0 Å². The molecule has 4 rings (SSSR count). The van der Waals surface area contributed by atoms with Crippen LogP contribution in [-0.2, 0) is 11.2 Å². The first-order valence-corrected chi connectivity index (χ1v) is 9.40. The van der Waals surface area contributed by atoms with Gasteiger partial charge in [-0.2, -0.15) is 0 Å². The fourth-order valence-electron chi connectivity index (χ4n) is 3.41. The number of fused-ring (bicyclic) bond motifs is 1. The van der Waals surface area contributed by atoms with Crippen molar-refractivity contribution in [2.75, 3.05) is 44.5 Å². The molecule has 2 aliphatic rings. The number of rotatable bonds is 6. The maximum absolute atomic E-state index is 12.8. The molecular weight excluding hydrogens is 378 g/mol. The summed E-state index contributed by atoms with van der Waals surface area (Å²) >= 11 is 0. The van der Waals surface area contributed by atoms with Crippen LogP contribution in [-0.4, -0.2) is 50.5 Å². The number of anilines is 1. The zero-order valence-electron chi connectivity index (χ0n) is 15.8. The molecule has 0 bridgehead atoms. The van der Waals surface area contributed by atoms with Gasteiger partial charge in [0.2, 0.25) is 6.79 Å². The van der Waals surface area contributed by atoms with Gasteiger partial charge in [0, 0.05) is 31.8 Å². The molecule has 1 fully saturated rings. The summed E-state index contributed by atoms with van der Waals surface area (Å²) in [5, 5.41) is 14.0. The molecule has 2 aromatic rings. The van der Waals surface area contributed by atoms with Crippen molar-refractivity contribution in [1.29, 1.82) is 0 Å². The number of hydrogen-bond acceptors (Lipinski definition) is 7. The van der Waals surface area contributed by atoms with Gasteiger partial charge in [-0.15, -0.1) is 0 Å². The maximum Gasteiger partial charge on any atom is 0.270 e. The number of benzene rings is 2. The molecule has 0 aliphatic carbocycles. The zero-order chi connectivity index (χ0) is 20.2. The average Bonchev–Trinajstić information content (AvgIpc) is 3.21. The monoisotopic (exact) mass is 399 g/mol. The fourth-order valence-corrected chi connectivity index (χ4v) is 3.41. The van der Waals surface area contributed by atoms with E-state index in [0.717, 1.165) is 5.56 Å². The van der Waals surface area contributed by atoms with Gasteiger partial charge in [-0.3, -0.25) is 14.9 Å². The third kappa shape index (κ3) is 4.24. The number of hydrogen-bond donors (Lipinski definition) is 1. The molecular formula is C20H21N3O6. The molecule has 152 valence electrons. The highest BCUT2D eigenvalue weighted by atomic mass is 16.7. The van der Waals surface area contributed by atoms with Crippen molar-refractivity contribution in [2.24, 2.45) is 0 Å². The lowest BCUT2D eigenvalue weighted by Gasteiger charge is -2.30. The Kier molecular flexibility index (Phi) is 5.48. The van der Waals surface area contributed by atoms with Crippen molar-refractivity contribution in [3.8, 4) is 11.5 Å². The predicted molar refractivity (Wildman–Crippen MR) is 105 cm³/mol. The van der Waals surface area contributed by atoms with Crippen LogP contribution in [0, 0.1) is 10.1 Å². The largest absolute Gasteiger partial charge is 0.454 e. The lowest BCUT2D eigenvalue weighted by molar-refractivity contribution is -0.384. The Morgan fingerprint density at radius 1 is 1.10 bits per heavy atom. The van der Waals surface area contributed by atoms with Gasteiger partial charge in [-0.25, -0.2) is 0 Å². The topological polar surface area (TPSA) is 103 Å². The number of nitro benzene ring substituents is 1. The number of morpholine rings is 1. The van der Waals surface area contributed by atoms with Crippen molar-refractivity contribution in [3.05, 3.63) is 57.6 Å². The minimum atomic E-state index is -0.494. The molecule has 0 spiro atoms. The third-order valence-electron chi connectivity index (χ3n) is 4.92. The van der Waals surface area contributed by atoms with Crippen LogP contribution < -0.4 is 19.7 Å². The van der Waals surface area contributed by atoms with Crippen LogP contribution in [0.25, 0.3) is 0 Å². The second-order valence-electron chi connectivity index (χ2n) is 6.75. The Hall–Kier alpha value is -3.33. The molecule has 1 amide bonds. The van der Waals surface area contributed by atoms with Gasteiger partial charge in [0.25, 0.3) is 11.6 Å². The van der Waals surface area contributed by atoms with E-state index in [1.165, 1.54) is 12.1 Å². The second kappa shape index (κ2) is 8.36. The Morgan fingerprint density at radius 3 is 2.69 bits per heavy atom. The normalized spacial score (nSPS) is 15.2. The SMILES string of the molecule is O=C(NCCc1ccc2c(c1)OCO2)c1cc([N+](=O)[O-])ccc1N1CCOCC1. The first-order chi connectivity index (χ1) is 14.1. The quantitative estimate of drug-likeness (QED) is 0.586. The zero-order valence-corrected chi connectivity index (χ0v) is 15.8. The van der Waals surface area contributed by atoms with E-state index in [1.54, 1.807) is 6.07 Å². The summed E-state index contributed by atoms with van der Waals surface area (Å²) in [5.41, 5.74) is 1.87. The number of ether oxygens (including phenoxy) is 3. The Labute approximate surface area is 167 Å². The minimum absolute atomic E-state index is 0.108. The molecule has 29 heavy (non-hydrogen) atoms. The summed E-state index contributed by atoms with van der Waals surface area (Å²) in [6.45, 7) is 2.99. The highest BCUT2D eigenvalue weighted by Gasteiger charge is 2.22. The fraction of sp³-hybridized carbons (Fsp3) is 0.350. The Morgan fingerprint density at radius 2 is 1.90 bits per heavy atom. The molecule has 9 heteroatoms. The lowest BCUT2D eigenvalue weighted by atomic mass is 10.1. The smallest absolute Gasteiger partial charge is 0.270 e. The van der Waals surface area contributed by atoms with Gasteiger partial charge >= 0.3 is 0 Å². The molecule has 1 saturated heterocycles. The number of nitrogens with zero attached hydrogens (tertiary/aromatic N) is 2. The first kappa shape index (κ1) is 19.0. The third-order valence-corrected chi connectivity index (χ3v) is 4.92. The number of nitrogens with one attached hydrogen (secondary N) is 1. The van der Waals surface area contributed by atoms with E-state index in [1.807, 2.05) is 23.1 Å². The lowest BCUT2D eigenvalue weighted by Crippen LogP contribution is -2.38. The standard InChI is InChI=1S/C20H21N3O6/c24-20(21-6-5-14-1-4-18-19(11-14)29-13-28-18)16-12-15(23(25)26)2-3-17(16)22-7-9-27-10-8-22/h1-4,11-12H,5-10,13H2,(H,21,24). The summed E-state index contributed by atoms with van der Waals surface area (Å²) in [6, 6.07) is 10.1. The average molecular weight is 399 g/mol. The molecule has 0 unspecified atom stereocenters. The molecule has 2 aromatic carbocycles. The van der Waals surface area contributed by atoms with E-state index in [9.17, 15) is 14.9 Å². The number of amides is 1. The van der Waals surface area contributed by atoms with E-state index < -0.39 is 4.92 Å². The summed E-state index contributed by atoms with van der Waals surface area (Å²) < 4.78 is 16.0. The predicted octanol–water partition coefficient (Wildman–Crippen LogP) is 2.13. The van der Waals surface area contributed by atoms with Gasteiger partial charge < -0.3 is 24.4 Å². The Balaban J connectivity index is 1.46. The summed E-state index contributed by atoms with van der Waals surface area (Å²) in [4.78, 5) is 25.5. The van der Waals surface area contributed by atoms with E-state index in [-0.39, 0.29) is 18.4 Å². The number of carbonyl (C=O) groups is 1. The van der Waals surface area contributed by atoms with Gasteiger partial charge in [-0.1, -0.05) is 6.07 Å². The molecule has 0 atom stereocenters. The maximum atomic E-state index is 12.8. The highest BCUT2D eigenvalue weighted by Crippen LogP contribution is 2.32. The van der Waals surface area contributed by atoms with Gasteiger partial charge in [0.1, 0.15) is 0 Å². The van der Waals surface area contributed by atoms with Crippen LogP contribution in [0.5, 0.6) is 11.5 Å². The minimum Gasteiger partial charge on any atom is -0.454 e. The first-order valence-electron chi connectivity index (χ1n) is 9.40. The van der Waals surface area contributed by atoms with Crippen LogP contribution in [0.4, 0.5) is 11.4 Å². The van der Waals surface area contributed by atoms with Crippen LogP contribution in [0.3, 0.4) is 0 Å². The van der Waals surface area contributed by atoms with Crippen molar-refractivity contribution in [3.63, 3.8) is 0 Å². The molecule has 2 aliphatic heterocycles. The van der Waals surface area contributed by atoms with Crippen molar-refractivity contribution in [2.45, 2.75) is 6.42 Å². The highest BCUT2D eigenvalue weighted by molar-refractivity contribution is 6.00. The van der Waals surface area contributed by atoms with Crippen LogP contribution in [0.15, 0.2) is 36.4 Å². The van der Waals surface area contributed by atoms with E-state index >= 15 is 0 Å². The Bertz CT molecular complexity index is 926. The molecule has 1 N–H and O–H groups in total. The van der Waals surface area contributed by atoms with Gasteiger partial charge in [0.15, 0.2) is 11.5 Å². The van der Waals surface area contributed by atoms with Crippen LogP contribution >= 0.6 is 0 Å². The molecule has 9 nitrogen and oxygen atoms in total. The number of carbonyl (C=O) groups excluding carboxylic acids is 1. The van der Waals surface area contributed by atoms with Crippen molar-refractivity contribution in [1.82, 2.24) is 5.32 Å². The van der Waals surface area contributed by atoms with Crippen molar-refractivity contribution >= 4 is 17.3 Å². The molecule has 2 heterocycles.